The number of hydrogen-bond acceptors (Lipinski definition) is 4. The third-order valence-electron chi connectivity index (χ3n) is 2.85. The maximum absolute atomic E-state index is 12.1. The number of aliphatic carboxylic acids is 1. The monoisotopic (exact) mass is 297 g/mol. The van der Waals surface area contributed by atoms with E-state index >= 15 is 0 Å². The maximum Gasteiger partial charge on any atom is 0.305 e. The predicted octanol–water partition coefficient (Wildman–Crippen LogP) is 2.18. The lowest BCUT2D eigenvalue weighted by Gasteiger charge is -2.33. The van der Waals surface area contributed by atoms with Gasteiger partial charge in [-0.25, -0.2) is 0 Å². The van der Waals surface area contributed by atoms with Gasteiger partial charge in [0.25, 0.3) is 0 Å². The van der Waals surface area contributed by atoms with Crippen LogP contribution in [0.15, 0.2) is 23.6 Å². The van der Waals surface area contributed by atoms with Gasteiger partial charge in [0.2, 0.25) is 5.91 Å². The van der Waals surface area contributed by atoms with Crippen molar-refractivity contribution in [2.24, 2.45) is 0 Å². The van der Waals surface area contributed by atoms with E-state index in [1.54, 1.807) is 34.1 Å². The smallest absolute Gasteiger partial charge is 0.305 e. The SMILES string of the molecule is O=C(O)CC1CSCCN1C(=O)C=Cc1cccs1. The van der Waals surface area contributed by atoms with Gasteiger partial charge in [0.05, 0.1) is 12.5 Å². The summed E-state index contributed by atoms with van der Waals surface area (Å²) in [5.41, 5.74) is 0. The number of rotatable bonds is 4. The van der Waals surface area contributed by atoms with Crippen molar-refractivity contribution in [1.82, 2.24) is 4.90 Å². The highest BCUT2D eigenvalue weighted by atomic mass is 32.2. The summed E-state index contributed by atoms with van der Waals surface area (Å²) in [4.78, 5) is 25.6. The van der Waals surface area contributed by atoms with Gasteiger partial charge in [-0.1, -0.05) is 6.07 Å². The highest BCUT2D eigenvalue weighted by Gasteiger charge is 2.27. The molecule has 1 saturated heterocycles. The number of carboxylic acid groups (broad SMARTS) is 1. The van der Waals surface area contributed by atoms with E-state index in [1.807, 2.05) is 17.5 Å². The summed E-state index contributed by atoms with van der Waals surface area (Å²) in [7, 11) is 0. The first-order valence-electron chi connectivity index (χ1n) is 5.98. The first-order chi connectivity index (χ1) is 9.16. The van der Waals surface area contributed by atoms with E-state index in [1.165, 1.54) is 6.08 Å². The van der Waals surface area contributed by atoms with Crippen molar-refractivity contribution in [3.8, 4) is 0 Å². The average molecular weight is 297 g/mol. The van der Waals surface area contributed by atoms with Crippen molar-refractivity contribution in [2.45, 2.75) is 12.5 Å². The molecule has 1 amide bonds. The van der Waals surface area contributed by atoms with Crippen molar-refractivity contribution in [3.05, 3.63) is 28.5 Å². The molecule has 2 heterocycles. The summed E-state index contributed by atoms with van der Waals surface area (Å²) in [5, 5.41) is 10.8. The molecule has 4 nitrogen and oxygen atoms in total. The molecule has 0 aliphatic carbocycles. The molecule has 0 saturated carbocycles. The Morgan fingerprint density at radius 3 is 3.05 bits per heavy atom. The molecule has 0 bridgehead atoms. The van der Waals surface area contributed by atoms with Gasteiger partial charge in [-0.05, 0) is 17.5 Å². The quantitative estimate of drug-likeness (QED) is 0.866. The van der Waals surface area contributed by atoms with Crippen molar-refractivity contribution in [3.63, 3.8) is 0 Å². The summed E-state index contributed by atoms with van der Waals surface area (Å²) in [6.07, 6.45) is 3.34. The number of hydrogen-bond donors (Lipinski definition) is 1. The lowest BCUT2D eigenvalue weighted by Crippen LogP contribution is -2.46. The molecule has 19 heavy (non-hydrogen) atoms. The summed E-state index contributed by atoms with van der Waals surface area (Å²) < 4.78 is 0. The summed E-state index contributed by atoms with van der Waals surface area (Å²) in [5.74, 6) is 0.618. The van der Waals surface area contributed by atoms with E-state index in [2.05, 4.69) is 0 Å². The van der Waals surface area contributed by atoms with Crippen LogP contribution in [-0.4, -0.2) is 46.0 Å². The second-order valence-corrected chi connectivity index (χ2v) is 6.34. The zero-order valence-electron chi connectivity index (χ0n) is 10.3. The minimum absolute atomic E-state index is 0.0194. The fourth-order valence-corrected chi connectivity index (χ4v) is 3.63. The number of thioether (sulfide) groups is 1. The van der Waals surface area contributed by atoms with Crippen LogP contribution >= 0.6 is 23.1 Å². The Balaban J connectivity index is 2.00. The van der Waals surface area contributed by atoms with Crippen molar-refractivity contribution < 1.29 is 14.7 Å². The number of carbonyl (C=O) groups excluding carboxylic acids is 1. The fraction of sp³-hybridized carbons (Fsp3) is 0.385. The third kappa shape index (κ3) is 4.11. The predicted molar refractivity (Wildman–Crippen MR) is 78.4 cm³/mol. The van der Waals surface area contributed by atoms with Crippen LogP contribution in [0.3, 0.4) is 0 Å². The molecule has 102 valence electrons. The Kier molecular flexibility index (Phi) is 5.04. The molecule has 1 fully saturated rings. The van der Waals surface area contributed by atoms with Crippen LogP contribution in [0.4, 0.5) is 0 Å². The van der Waals surface area contributed by atoms with Crippen LogP contribution in [0, 0.1) is 0 Å². The van der Waals surface area contributed by atoms with Gasteiger partial charge >= 0.3 is 5.97 Å². The highest BCUT2D eigenvalue weighted by molar-refractivity contribution is 7.99. The van der Waals surface area contributed by atoms with Crippen LogP contribution < -0.4 is 0 Å². The van der Waals surface area contributed by atoms with Crippen LogP contribution in [0.5, 0.6) is 0 Å². The Bertz CT molecular complexity index is 470. The Morgan fingerprint density at radius 1 is 1.53 bits per heavy atom. The molecule has 1 aliphatic heterocycles. The first kappa shape index (κ1) is 14.1. The van der Waals surface area contributed by atoms with Crippen molar-refractivity contribution >= 4 is 41.1 Å². The van der Waals surface area contributed by atoms with Gasteiger partial charge in [0, 0.05) is 29.0 Å². The van der Waals surface area contributed by atoms with Gasteiger partial charge in [0.15, 0.2) is 0 Å². The van der Waals surface area contributed by atoms with Gasteiger partial charge in [-0.3, -0.25) is 9.59 Å². The summed E-state index contributed by atoms with van der Waals surface area (Å²) in [6, 6.07) is 3.67. The lowest BCUT2D eigenvalue weighted by molar-refractivity contribution is -0.139. The molecule has 1 unspecified atom stereocenters. The van der Waals surface area contributed by atoms with Crippen molar-refractivity contribution in [2.75, 3.05) is 18.1 Å². The van der Waals surface area contributed by atoms with E-state index in [0.717, 1.165) is 10.6 Å². The molecule has 6 heteroatoms. The van der Waals surface area contributed by atoms with Crippen LogP contribution in [0.1, 0.15) is 11.3 Å². The number of amides is 1. The zero-order chi connectivity index (χ0) is 13.7. The van der Waals surface area contributed by atoms with Gasteiger partial charge in [-0.15, -0.1) is 11.3 Å². The van der Waals surface area contributed by atoms with E-state index < -0.39 is 5.97 Å². The average Bonchev–Trinajstić information content (AvgIpc) is 2.89. The molecule has 1 aromatic heterocycles. The van der Waals surface area contributed by atoms with E-state index in [4.69, 9.17) is 5.11 Å². The van der Waals surface area contributed by atoms with E-state index in [-0.39, 0.29) is 18.4 Å². The van der Waals surface area contributed by atoms with Crippen LogP contribution in [-0.2, 0) is 9.59 Å². The topological polar surface area (TPSA) is 57.6 Å². The van der Waals surface area contributed by atoms with Gasteiger partial charge < -0.3 is 10.0 Å². The standard InChI is InChI=1S/C13H15NO3S2/c15-12(4-3-11-2-1-6-19-11)14-5-7-18-9-10(14)8-13(16)17/h1-4,6,10H,5,7-9H2,(H,16,17). The van der Waals surface area contributed by atoms with Gasteiger partial charge in [-0.2, -0.15) is 11.8 Å². The number of nitrogens with zero attached hydrogens (tertiary/aromatic N) is 1. The molecule has 1 atom stereocenters. The van der Waals surface area contributed by atoms with Crippen LogP contribution in [0.25, 0.3) is 6.08 Å². The summed E-state index contributed by atoms with van der Waals surface area (Å²) in [6.45, 7) is 0.621. The third-order valence-corrected chi connectivity index (χ3v) is 4.78. The molecule has 1 aromatic rings. The largest absolute Gasteiger partial charge is 0.481 e. The molecule has 1 aliphatic rings. The number of thiophene rings is 1. The van der Waals surface area contributed by atoms with E-state index in [9.17, 15) is 9.59 Å². The lowest BCUT2D eigenvalue weighted by atomic mass is 10.2. The molecule has 2 rings (SSSR count). The highest BCUT2D eigenvalue weighted by Crippen LogP contribution is 2.20. The Hall–Kier alpha value is -1.27. The minimum atomic E-state index is -0.854. The van der Waals surface area contributed by atoms with Crippen LogP contribution in [0.2, 0.25) is 0 Å². The Morgan fingerprint density at radius 2 is 2.37 bits per heavy atom. The molecular weight excluding hydrogens is 282 g/mol. The zero-order valence-corrected chi connectivity index (χ0v) is 12.0. The second kappa shape index (κ2) is 6.77. The number of carboxylic acids is 1. The van der Waals surface area contributed by atoms with Gasteiger partial charge in [0.1, 0.15) is 0 Å². The van der Waals surface area contributed by atoms with Crippen molar-refractivity contribution in [1.29, 1.82) is 0 Å². The maximum atomic E-state index is 12.1. The first-order valence-corrected chi connectivity index (χ1v) is 8.02. The second-order valence-electron chi connectivity index (χ2n) is 4.21. The normalized spacial score (nSPS) is 19.8. The minimum Gasteiger partial charge on any atom is -0.481 e. The molecule has 0 spiro atoms. The molecule has 1 N–H and O–H groups in total. The molecular formula is C13H15NO3S2. The molecule has 0 radical (unpaired) electrons. The Labute approximate surface area is 120 Å². The summed E-state index contributed by atoms with van der Waals surface area (Å²) >= 11 is 3.27. The number of carbonyl (C=O) groups is 2. The molecule has 0 aromatic carbocycles. The van der Waals surface area contributed by atoms with E-state index in [0.29, 0.717) is 12.3 Å². The fourth-order valence-electron chi connectivity index (χ4n) is 1.95.